The number of rotatable bonds is 7. The number of benzene rings is 2. The van der Waals surface area contributed by atoms with Crippen LogP contribution in [0.3, 0.4) is 0 Å². The fourth-order valence-electron chi connectivity index (χ4n) is 4.80. The van der Waals surface area contributed by atoms with E-state index in [2.05, 4.69) is 20.8 Å². The van der Waals surface area contributed by atoms with E-state index < -0.39 is 5.51 Å². The minimum atomic E-state index is -4.28. The van der Waals surface area contributed by atoms with Gasteiger partial charge < -0.3 is 14.7 Å². The smallest absolute Gasteiger partial charge is 0.370 e. The number of hydrogen-bond donors (Lipinski definition) is 0. The molecule has 4 rings (SSSR count). The first kappa shape index (κ1) is 29.5. The molecule has 5 nitrogen and oxygen atoms in total. The van der Waals surface area contributed by atoms with E-state index in [4.69, 9.17) is 11.6 Å². The van der Waals surface area contributed by atoms with Crippen LogP contribution in [0.1, 0.15) is 26.7 Å². The van der Waals surface area contributed by atoms with Crippen molar-refractivity contribution < 1.29 is 18.0 Å². The molecular weight excluding hydrogens is 521 g/mol. The number of carbonyl (C=O) groups is 1. The van der Waals surface area contributed by atoms with Gasteiger partial charge in [0, 0.05) is 80.1 Å². The molecule has 37 heavy (non-hydrogen) atoms. The van der Waals surface area contributed by atoms with Crippen LogP contribution in [0.25, 0.3) is 0 Å². The zero-order valence-electron chi connectivity index (χ0n) is 20.2. The molecule has 0 spiro atoms. The van der Waals surface area contributed by atoms with Crippen molar-refractivity contribution in [3.8, 4) is 0 Å². The van der Waals surface area contributed by atoms with E-state index in [-0.39, 0.29) is 30.0 Å². The average Bonchev–Trinajstić information content (AvgIpc) is 3.10. The van der Waals surface area contributed by atoms with E-state index in [1.165, 1.54) is 12.1 Å². The summed E-state index contributed by atoms with van der Waals surface area (Å²) in [5.41, 5.74) is -2.23. The van der Waals surface area contributed by atoms with Crippen LogP contribution in [0, 0.1) is 0 Å². The summed E-state index contributed by atoms with van der Waals surface area (Å²) in [6, 6.07) is 14.4. The highest BCUT2D eigenvalue weighted by atomic mass is 35.5. The maximum atomic E-state index is 12.8. The topological polar surface area (TPSA) is 30.0 Å². The Balaban J connectivity index is 0.00000380. The fourth-order valence-corrected chi connectivity index (χ4v) is 5.52. The fraction of sp³-hybridized carbons (Fsp3) is 0.519. The first-order valence-electron chi connectivity index (χ1n) is 12.4. The molecule has 0 aliphatic carbocycles. The van der Waals surface area contributed by atoms with E-state index >= 15 is 0 Å². The van der Waals surface area contributed by atoms with Gasteiger partial charge in [-0.25, -0.2) is 0 Å². The lowest BCUT2D eigenvalue weighted by atomic mass is 10.2. The average molecular weight is 557 g/mol. The number of alkyl halides is 3. The maximum Gasteiger partial charge on any atom is 0.446 e. The van der Waals surface area contributed by atoms with E-state index in [1.807, 2.05) is 23.1 Å². The van der Waals surface area contributed by atoms with Crippen LogP contribution in [-0.2, 0) is 4.79 Å². The second-order valence-electron chi connectivity index (χ2n) is 9.18. The van der Waals surface area contributed by atoms with Crippen molar-refractivity contribution >= 4 is 40.6 Å². The van der Waals surface area contributed by atoms with Gasteiger partial charge in [0.05, 0.1) is 0 Å². The summed E-state index contributed by atoms with van der Waals surface area (Å²) in [5.74, 6) is 0.186. The highest BCUT2D eigenvalue weighted by Crippen LogP contribution is 2.37. The second kappa shape index (κ2) is 13.6. The van der Waals surface area contributed by atoms with E-state index in [1.54, 1.807) is 12.1 Å². The Bertz CT molecular complexity index is 1000. The Kier molecular flexibility index (Phi) is 10.8. The van der Waals surface area contributed by atoms with Crippen molar-refractivity contribution in [1.82, 2.24) is 9.80 Å². The molecule has 204 valence electrons. The summed E-state index contributed by atoms with van der Waals surface area (Å²) in [4.78, 5) is 21.9. The minimum Gasteiger partial charge on any atom is -0.370 e. The molecule has 2 saturated heterocycles. The molecule has 2 heterocycles. The first-order valence-corrected chi connectivity index (χ1v) is 13.6. The van der Waals surface area contributed by atoms with E-state index in [0.717, 1.165) is 75.1 Å². The van der Waals surface area contributed by atoms with Gasteiger partial charge in [0.15, 0.2) is 0 Å². The number of hydrogen-bond acceptors (Lipinski definition) is 5. The van der Waals surface area contributed by atoms with Crippen molar-refractivity contribution in [2.45, 2.75) is 37.1 Å². The van der Waals surface area contributed by atoms with Crippen molar-refractivity contribution in [3.05, 3.63) is 53.6 Å². The van der Waals surface area contributed by atoms with Crippen LogP contribution in [-0.4, -0.2) is 80.1 Å². The molecule has 1 amide bonds. The Labute approximate surface area is 227 Å². The van der Waals surface area contributed by atoms with Gasteiger partial charge >= 0.3 is 5.51 Å². The third-order valence-corrected chi connectivity index (χ3v) is 7.67. The standard InChI is InChI=1S/C26H32ClF3N4OS.CH4/c27-21-4-1-5-23(20-21)33-16-14-31(15-17-33)11-2-6-25(35)34-13-3-12-32(18-19-34)22-7-9-24(10-8-22)36-26(28,29)30;/h1,4-5,7-10,20H,2-3,6,11-19H2;1H4. The summed E-state index contributed by atoms with van der Waals surface area (Å²) < 4.78 is 37.7. The number of nitrogens with zero attached hydrogens (tertiary/aromatic N) is 4. The van der Waals surface area contributed by atoms with Gasteiger partial charge in [0.25, 0.3) is 0 Å². The molecular formula is C27H36ClF3N4OS. The number of thioether (sulfide) groups is 1. The predicted octanol–water partition coefficient (Wildman–Crippen LogP) is 6.23. The molecule has 0 bridgehead atoms. The number of carbonyl (C=O) groups excluding carboxylic acids is 1. The lowest BCUT2D eigenvalue weighted by Crippen LogP contribution is -2.46. The lowest BCUT2D eigenvalue weighted by molar-refractivity contribution is -0.131. The summed E-state index contributed by atoms with van der Waals surface area (Å²) >= 11 is 6.02. The van der Waals surface area contributed by atoms with E-state index in [0.29, 0.717) is 19.5 Å². The van der Waals surface area contributed by atoms with Gasteiger partial charge in [-0.15, -0.1) is 0 Å². The molecule has 2 aliphatic heterocycles. The van der Waals surface area contributed by atoms with Gasteiger partial charge in [0.2, 0.25) is 5.91 Å². The second-order valence-corrected chi connectivity index (χ2v) is 10.8. The number of anilines is 2. The highest BCUT2D eigenvalue weighted by Gasteiger charge is 2.29. The van der Waals surface area contributed by atoms with Crippen LogP contribution >= 0.6 is 23.4 Å². The molecule has 2 aliphatic rings. The molecule has 0 radical (unpaired) electrons. The summed E-state index contributed by atoms with van der Waals surface area (Å²) in [6.07, 6.45) is 2.22. The molecule has 0 N–H and O–H groups in total. The predicted molar refractivity (Wildman–Crippen MR) is 148 cm³/mol. The minimum absolute atomic E-state index is 0. The van der Waals surface area contributed by atoms with Crippen LogP contribution in [0.5, 0.6) is 0 Å². The Morgan fingerprint density at radius 1 is 0.865 bits per heavy atom. The third-order valence-electron chi connectivity index (χ3n) is 6.69. The Morgan fingerprint density at radius 3 is 2.22 bits per heavy atom. The first-order chi connectivity index (χ1) is 17.3. The number of amides is 1. The zero-order valence-corrected chi connectivity index (χ0v) is 21.8. The van der Waals surface area contributed by atoms with Crippen molar-refractivity contribution in [3.63, 3.8) is 0 Å². The summed E-state index contributed by atoms with van der Waals surface area (Å²) in [5, 5.41) is 0.753. The van der Waals surface area contributed by atoms with Gasteiger partial charge in [-0.05, 0) is 73.6 Å². The van der Waals surface area contributed by atoms with Gasteiger partial charge in [-0.1, -0.05) is 25.1 Å². The molecule has 2 fully saturated rings. The van der Waals surface area contributed by atoms with Crippen LogP contribution < -0.4 is 9.80 Å². The molecule has 2 aromatic carbocycles. The van der Waals surface area contributed by atoms with Crippen LogP contribution in [0.4, 0.5) is 24.5 Å². The Hall–Kier alpha value is -2.10. The largest absolute Gasteiger partial charge is 0.446 e. The molecule has 0 atom stereocenters. The number of halogens is 4. The zero-order chi connectivity index (χ0) is 25.5. The van der Waals surface area contributed by atoms with Crippen LogP contribution in [0.15, 0.2) is 53.4 Å². The molecule has 0 saturated carbocycles. The van der Waals surface area contributed by atoms with Gasteiger partial charge in [0.1, 0.15) is 0 Å². The van der Waals surface area contributed by atoms with Gasteiger partial charge in [-0.2, -0.15) is 13.2 Å². The molecule has 2 aromatic rings. The van der Waals surface area contributed by atoms with Crippen molar-refractivity contribution in [2.24, 2.45) is 0 Å². The SMILES string of the molecule is C.O=C(CCCN1CCN(c2cccc(Cl)c2)CC1)N1CCCN(c2ccc(SC(F)(F)F)cc2)CC1. The summed E-state index contributed by atoms with van der Waals surface area (Å²) in [6.45, 7) is 7.58. The van der Waals surface area contributed by atoms with Gasteiger partial charge in [-0.3, -0.25) is 9.69 Å². The van der Waals surface area contributed by atoms with E-state index in [9.17, 15) is 18.0 Å². The number of piperazine rings is 1. The monoisotopic (exact) mass is 556 g/mol. The Morgan fingerprint density at radius 2 is 1.54 bits per heavy atom. The quantitative estimate of drug-likeness (QED) is 0.377. The molecule has 0 unspecified atom stereocenters. The molecule has 0 aromatic heterocycles. The summed E-state index contributed by atoms with van der Waals surface area (Å²) in [7, 11) is 0. The van der Waals surface area contributed by atoms with Crippen LogP contribution in [0.2, 0.25) is 5.02 Å². The normalized spacial score (nSPS) is 17.4. The maximum absolute atomic E-state index is 12.8. The molecule has 10 heteroatoms. The van der Waals surface area contributed by atoms with Crippen molar-refractivity contribution in [2.75, 3.05) is 68.7 Å². The highest BCUT2D eigenvalue weighted by molar-refractivity contribution is 8.00. The lowest BCUT2D eigenvalue weighted by Gasteiger charge is -2.36. The van der Waals surface area contributed by atoms with Crippen molar-refractivity contribution in [1.29, 1.82) is 0 Å². The third kappa shape index (κ3) is 9.00.